The summed E-state index contributed by atoms with van der Waals surface area (Å²) in [7, 11) is 0. The Labute approximate surface area is 118 Å². The topological polar surface area (TPSA) is 32.3 Å². The fraction of sp³-hybridized carbons (Fsp3) is 1.00. The van der Waals surface area contributed by atoms with Crippen molar-refractivity contribution < 1.29 is 5.11 Å². The Kier molecular flexibility index (Phi) is 4.19. The van der Waals surface area contributed by atoms with Gasteiger partial charge in [-0.3, -0.25) is 0 Å². The van der Waals surface area contributed by atoms with Crippen LogP contribution in [0.5, 0.6) is 0 Å². The van der Waals surface area contributed by atoms with Gasteiger partial charge in [0.1, 0.15) is 0 Å². The van der Waals surface area contributed by atoms with Gasteiger partial charge in [-0.1, -0.05) is 20.3 Å². The average Bonchev–Trinajstić information content (AvgIpc) is 2.91. The number of fused-ring (bicyclic) bond motifs is 2. The lowest BCUT2D eigenvalue weighted by molar-refractivity contribution is -0.0476. The summed E-state index contributed by atoms with van der Waals surface area (Å²) < 4.78 is 0. The van der Waals surface area contributed by atoms with Gasteiger partial charge in [-0.15, -0.1) is 0 Å². The average molecular weight is 265 g/mol. The molecule has 2 nitrogen and oxygen atoms in total. The lowest BCUT2D eigenvalue weighted by atomic mass is 9.58. The summed E-state index contributed by atoms with van der Waals surface area (Å²) in [5, 5.41) is 14.4. The molecule has 6 unspecified atom stereocenters. The van der Waals surface area contributed by atoms with Crippen molar-refractivity contribution in [2.75, 3.05) is 6.54 Å². The molecular weight excluding hydrogens is 234 g/mol. The number of aliphatic hydroxyl groups is 1. The normalized spacial score (nSPS) is 48.2. The van der Waals surface area contributed by atoms with Gasteiger partial charge in [0.15, 0.2) is 0 Å². The zero-order chi connectivity index (χ0) is 13.4. The predicted molar refractivity (Wildman–Crippen MR) is 78.9 cm³/mol. The number of hydrogen-bond donors (Lipinski definition) is 2. The Morgan fingerprint density at radius 3 is 2.74 bits per heavy atom. The molecule has 3 fully saturated rings. The van der Waals surface area contributed by atoms with Crippen LogP contribution >= 0.6 is 0 Å². The Bertz CT molecular complexity index is 298. The Morgan fingerprint density at radius 2 is 2.05 bits per heavy atom. The van der Waals surface area contributed by atoms with E-state index in [1.54, 1.807) is 0 Å². The molecule has 0 amide bonds. The Hall–Kier alpha value is -0.0800. The van der Waals surface area contributed by atoms with E-state index in [1.165, 1.54) is 44.9 Å². The summed E-state index contributed by atoms with van der Waals surface area (Å²) in [6.07, 6.45) is 9.26. The van der Waals surface area contributed by atoms with Crippen LogP contribution in [-0.2, 0) is 0 Å². The van der Waals surface area contributed by atoms with Gasteiger partial charge < -0.3 is 10.4 Å². The number of rotatable bonds is 3. The maximum Gasteiger partial charge on any atom is 0.0726 e. The molecule has 1 heterocycles. The quantitative estimate of drug-likeness (QED) is 0.821. The molecule has 2 bridgehead atoms. The van der Waals surface area contributed by atoms with Crippen LogP contribution in [0, 0.1) is 29.6 Å². The van der Waals surface area contributed by atoms with Crippen molar-refractivity contribution in [3.05, 3.63) is 0 Å². The van der Waals surface area contributed by atoms with Crippen LogP contribution in [0.3, 0.4) is 0 Å². The molecule has 0 aromatic heterocycles. The predicted octanol–water partition coefficient (Wildman–Crippen LogP) is 3.20. The van der Waals surface area contributed by atoms with E-state index >= 15 is 0 Å². The molecule has 19 heavy (non-hydrogen) atoms. The minimum atomic E-state index is -0.0981. The lowest BCUT2D eigenvalue weighted by Crippen LogP contribution is -2.49. The molecule has 1 saturated heterocycles. The van der Waals surface area contributed by atoms with E-state index in [4.69, 9.17) is 0 Å². The van der Waals surface area contributed by atoms with Crippen LogP contribution in [0.4, 0.5) is 0 Å². The molecule has 3 rings (SSSR count). The summed E-state index contributed by atoms with van der Waals surface area (Å²) in [6.45, 7) is 5.85. The van der Waals surface area contributed by atoms with E-state index in [-0.39, 0.29) is 6.10 Å². The SMILES string of the molecule is CCC1CC2CC(C)C(C(O)[C@@H]3CCCN3)C(C1)C2. The largest absolute Gasteiger partial charge is 0.391 e. The van der Waals surface area contributed by atoms with Gasteiger partial charge >= 0.3 is 0 Å². The third kappa shape index (κ3) is 2.71. The molecule has 3 aliphatic rings. The van der Waals surface area contributed by atoms with Crippen LogP contribution in [0.15, 0.2) is 0 Å². The van der Waals surface area contributed by atoms with Gasteiger partial charge in [-0.05, 0) is 74.7 Å². The maximum absolute atomic E-state index is 10.9. The van der Waals surface area contributed by atoms with E-state index < -0.39 is 0 Å². The fourth-order valence-corrected chi connectivity index (χ4v) is 5.49. The van der Waals surface area contributed by atoms with Gasteiger partial charge in [0.25, 0.3) is 0 Å². The molecule has 0 aromatic carbocycles. The molecule has 0 aromatic rings. The fourth-order valence-electron chi connectivity index (χ4n) is 5.49. The summed E-state index contributed by atoms with van der Waals surface area (Å²) >= 11 is 0. The van der Waals surface area contributed by atoms with E-state index in [9.17, 15) is 5.11 Å². The summed E-state index contributed by atoms with van der Waals surface area (Å²) in [6, 6.07) is 0.381. The molecule has 0 spiro atoms. The molecular formula is C17H31NO. The van der Waals surface area contributed by atoms with Crippen molar-refractivity contribution in [2.24, 2.45) is 29.6 Å². The molecule has 1 aliphatic heterocycles. The monoisotopic (exact) mass is 265 g/mol. The highest BCUT2D eigenvalue weighted by molar-refractivity contribution is 4.97. The lowest BCUT2D eigenvalue weighted by Gasteiger charge is -2.49. The third-order valence-electron chi connectivity index (χ3n) is 6.33. The second-order valence-electron chi connectivity index (χ2n) is 7.59. The number of aliphatic hydroxyl groups excluding tert-OH is 1. The van der Waals surface area contributed by atoms with E-state index in [2.05, 4.69) is 19.2 Å². The first-order valence-corrected chi connectivity index (χ1v) is 8.60. The highest BCUT2D eigenvalue weighted by Crippen LogP contribution is 2.50. The van der Waals surface area contributed by atoms with Gasteiger partial charge in [0.05, 0.1) is 6.10 Å². The second kappa shape index (κ2) is 5.73. The van der Waals surface area contributed by atoms with Crippen LogP contribution in [0.1, 0.15) is 58.8 Å². The van der Waals surface area contributed by atoms with Gasteiger partial charge in [-0.25, -0.2) is 0 Å². The zero-order valence-corrected chi connectivity index (χ0v) is 12.6. The van der Waals surface area contributed by atoms with Crippen molar-refractivity contribution in [1.82, 2.24) is 5.32 Å². The van der Waals surface area contributed by atoms with Crippen LogP contribution in [-0.4, -0.2) is 23.8 Å². The smallest absolute Gasteiger partial charge is 0.0726 e. The van der Waals surface area contributed by atoms with Gasteiger partial charge in [-0.2, -0.15) is 0 Å². The number of hydrogen-bond acceptors (Lipinski definition) is 2. The molecule has 2 saturated carbocycles. The molecule has 7 atom stereocenters. The van der Waals surface area contributed by atoms with Gasteiger partial charge in [0.2, 0.25) is 0 Å². The van der Waals surface area contributed by atoms with Crippen molar-refractivity contribution in [1.29, 1.82) is 0 Å². The maximum atomic E-state index is 10.9. The first-order valence-electron chi connectivity index (χ1n) is 8.60. The minimum absolute atomic E-state index is 0.0981. The molecule has 2 aliphatic carbocycles. The van der Waals surface area contributed by atoms with E-state index in [0.29, 0.717) is 12.0 Å². The Balaban J connectivity index is 1.71. The van der Waals surface area contributed by atoms with Crippen molar-refractivity contribution in [2.45, 2.75) is 70.9 Å². The van der Waals surface area contributed by atoms with Crippen molar-refractivity contribution in [3.63, 3.8) is 0 Å². The molecule has 110 valence electrons. The zero-order valence-electron chi connectivity index (χ0n) is 12.6. The van der Waals surface area contributed by atoms with Crippen LogP contribution in [0.2, 0.25) is 0 Å². The first-order chi connectivity index (χ1) is 9.19. The second-order valence-corrected chi connectivity index (χ2v) is 7.59. The highest BCUT2D eigenvalue weighted by Gasteiger charge is 2.45. The molecule has 2 heteroatoms. The van der Waals surface area contributed by atoms with Crippen LogP contribution < -0.4 is 5.32 Å². The standard InChI is InChI=1S/C17H31NO/c1-3-12-8-13-7-11(2)16(14(9-12)10-13)17(19)15-5-4-6-18-15/h11-19H,3-10H2,1-2H3/t11?,12?,13?,14?,15-,16?,17?/m0/s1. The summed E-state index contributed by atoms with van der Waals surface area (Å²) in [5.74, 6) is 3.96. The molecule has 0 radical (unpaired) electrons. The van der Waals surface area contributed by atoms with Crippen molar-refractivity contribution in [3.8, 4) is 0 Å². The Morgan fingerprint density at radius 1 is 1.21 bits per heavy atom. The molecule has 2 N–H and O–H groups in total. The van der Waals surface area contributed by atoms with Gasteiger partial charge in [0, 0.05) is 6.04 Å². The number of nitrogens with one attached hydrogen (secondary N) is 1. The third-order valence-corrected chi connectivity index (χ3v) is 6.33. The summed E-state index contributed by atoms with van der Waals surface area (Å²) in [5.41, 5.74) is 0. The van der Waals surface area contributed by atoms with E-state index in [1.807, 2.05) is 0 Å². The summed E-state index contributed by atoms with van der Waals surface area (Å²) in [4.78, 5) is 0. The van der Waals surface area contributed by atoms with Crippen LogP contribution in [0.25, 0.3) is 0 Å². The highest BCUT2D eigenvalue weighted by atomic mass is 16.3. The van der Waals surface area contributed by atoms with Crippen molar-refractivity contribution >= 4 is 0 Å². The minimum Gasteiger partial charge on any atom is -0.391 e. The first kappa shape index (κ1) is 13.9. The van der Waals surface area contributed by atoms with E-state index in [0.717, 1.165) is 30.2 Å².